The predicted octanol–water partition coefficient (Wildman–Crippen LogP) is 3.61. The van der Waals surface area contributed by atoms with Gasteiger partial charge in [0.15, 0.2) is 11.2 Å². The zero-order chi connectivity index (χ0) is 22.7. The molecular formula is C21H20N4O5S2. The highest BCUT2D eigenvalue weighted by molar-refractivity contribution is 7.93. The van der Waals surface area contributed by atoms with Crippen LogP contribution in [0.25, 0.3) is 0 Å². The molecule has 9 nitrogen and oxygen atoms in total. The number of nitrogens with zero attached hydrogens (tertiary/aromatic N) is 2. The number of amides is 2. The first-order valence-electron chi connectivity index (χ1n) is 9.70. The molecule has 3 aromatic rings. The van der Waals surface area contributed by atoms with E-state index in [1.807, 2.05) is 19.1 Å². The average Bonchev–Trinajstić information content (AvgIpc) is 3.38. The van der Waals surface area contributed by atoms with Gasteiger partial charge in [0.2, 0.25) is 0 Å². The quantitative estimate of drug-likeness (QED) is 0.566. The molecule has 2 amide bonds. The van der Waals surface area contributed by atoms with E-state index in [0.717, 1.165) is 5.56 Å². The lowest BCUT2D eigenvalue weighted by atomic mass is 10.2. The van der Waals surface area contributed by atoms with Crippen LogP contribution in [-0.2, 0) is 19.6 Å². The average molecular weight is 473 g/mol. The van der Waals surface area contributed by atoms with Crippen LogP contribution < -0.4 is 14.9 Å². The summed E-state index contributed by atoms with van der Waals surface area (Å²) in [5, 5.41) is 4.55. The summed E-state index contributed by atoms with van der Waals surface area (Å²) in [6, 6.07) is 13.2. The van der Waals surface area contributed by atoms with Gasteiger partial charge in [0.25, 0.3) is 15.9 Å². The fourth-order valence-electron chi connectivity index (χ4n) is 3.27. The zero-order valence-corrected chi connectivity index (χ0v) is 18.7. The monoisotopic (exact) mass is 472 g/mol. The van der Waals surface area contributed by atoms with Gasteiger partial charge in [0, 0.05) is 35.9 Å². The first-order chi connectivity index (χ1) is 15.3. The molecule has 0 saturated carbocycles. The maximum absolute atomic E-state index is 12.7. The Balaban J connectivity index is 1.38. The van der Waals surface area contributed by atoms with Crippen molar-refractivity contribution in [3.05, 3.63) is 65.7 Å². The Labute approximate surface area is 189 Å². The van der Waals surface area contributed by atoms with Crippen molar-refractivity contribution < 1.29 is 22.7 Å². The number of thiazole rings is 1. The number of rotatable bonds is 6. The summed E-state index contributed by atoms with van der Waals surface area (Å²) in [7, 11) is -3.78. The Morgan fingerprint density at radius 2 is 2.00 bits per heavy atom. The molecule has 2 N–H and O–H groups in total. The van der Waals surface area contributed by atoms with Crippen LogP contribution in [0.15, 0.2) is 65.0 Å². The molecule has 1 aliphatic rings. The van der Waals surface area contributed by atoms with Gasteiger partial charge in [-0.3, -0.25) is 14.8 Å². The summed E-state index contributed by atoms with van der Waals surface area (Å²) in [6.45, 7) is 2.26. The lowest BCUT2D eigenvalue weighted by molar-refractivity contribution is -0.124. The molecule has 0 aliphatic carbocycles. The van der Waals surface area contributed by atoms with Crippen LogP contribution in [0.2, 0.25) is 0 Å². The number of sulfonamides is 1. The van der Waals surface area contributed by atoms with E-state index in [0.29, 0.717) is 24.3 Å². The van der Waals surface area contributed by atoms with E-state index in [1.54, 1.807) is 29.6 Å². The lowest BCUT2D eigenvalue weighted by Gasteiger charge is -2.17. The first-order valence-corrected chi connectivity index (χ1v) is 12.1. The van der Waals surface area contributed by atoms with Crippen molar-refractivity contribution in [3.63, 3.8) is 0 Å². The molecule has 11 heteroatoms. The Hall–Kier alpha value is -3.44. The molecule has 1 aliphatic heterocycles. The number of hydrogen-bond acceptors (Lipinski definition) is 7. The summed E-state index contributed by atoms with van der Waals surface area (Å²) < 4.78 is 32.6. The SMILES string of the molecule is Cc1cccc(NC(=O)O[C@H]2CCN(c3ccc(S(=O)(=O)Nc4nccs4)cc3)C2=O)c1. The van der Waals surface area contributed by atoms with E-state index in [-0.39, 0.29) is 15.9 Å². The van der Waals surface area contributed by atoms with Crippen LogP contribution in [-0.4, -0.2) is 38.1 Å². The third-order valence-corrected chi connectivity index (χ3v) is 6.96. The Kier molecular flexibility index (Phi) is 6.10. The highest BCUT2D eigenvalue weighted by atomic mass is 32.2. The fourth-order valence-corrected chi connectivity index (χ4v) is 5.06. The van der Waals surface area contributed by atoms with E-state index in [4.69, 9.17) is 4.74 Å². The molecule has 1 fully saturated rings. The standard InChI is InChI=1S/C21H20N4O5S2/c1-14-3-2-4-15(13-14)23-21(27)30-18-9-11-25(19(18)26)16-5-7-17(8-6-16)32(28,29)24-20-22-10-12-31-20/h2-8,10,12-13,18H,9,11H2,1H3,(H,22,24)(H,23,27)/t18-/m0/s1. The van der Waals surface area contributed by atoms with E-state index in [1.165, 1.54) is 34.6 Å². The molecule has 2 heterocycles. The van der Waals surface area contributed by atoms with E-state index in [2.05, 4.69) is 15.0 Å². The van der Waals surface area contributed by atoms with Gasteiger partial charge in [-0.1, -0.05) is 12.1 Å². The van der Waals surface area contributed by atoms with Crippen molar-refractivity contribution in [2.75, 3.05) is 21.5 Å². The summed E-state index contributed by atoms with van der Waals surface area (Å²) >= 11 is 1.17. The van der Waals surface area contributed by atoms with Crippen molar-refractivity contribution in [3.8, 4) is 0 Å². The van der Waals surface area contributed by atoms with Crippen LogP contribution in [0.3, 0.4) is 0 Å². The third kappa shape index (κ3) is 4.89. The topological polar surface area (TPSA) is 118 Å². The number of benzene rings is 2. The highest BCUT2D eigenvalue weighted by Crippen LogP contribution is 2.26. The number of aryl methyl sites for hydroxylation is 1. The van der Waals surface area contributed by atoms with Crippen molar-refractivity contribution in [2.45, 2.75) is 24.3 Å². The second kappa shape index (κ2) is 8.97. The smallest absolute Gasteiger partial charge is 0.412 e. The molecule has 0 bridgehead atoms. The van der Waals surface area contributed by atoms with Crippen LogP contribution >= 0.6 is 11.3 Å². The van der Waals surface area contributed by atoms with E-state index >= 15 is 0 Å². The lowest BCUT2D eigenvalue weighted by Crippen LogP contribution is -2.33. The minimum Gasteiger partial charge on any atom is -0.436 e. The maximum atomic E-state index is 12.7. The fraction of sp³-hybridized carbons (Fsp3) is 0.190. The molecular weight excluding hydrogens is 452 g/mol. The molecule has 1 atom stereocenters. The second-order valence-electron chi connectivity index (χ2n) is 7.10. The largest absolute Gasteiger partial charge is 0.436 e. The maximum Gasteiger partial charge on any atom is 0.412 e. The number of aromatic nitrogens is 1. The molecule has 2 aromatic carbocycles. The second-order valence-corrected chi connectivity index (χ2v) is 9.68. The minimum atomic E-state index is -3.78. The van der Waals surface area contributed by atoms with Crippen molar-refractivity contribution in [2.24, 2.45) is 0 Å². The van der Waals surface area contributed by atoms with Crippen LogP contribution in [0.5, 0.6) is 0 Å². The number of anilines is 3. The summed E-state index contributed by atoms with van der Waals surface area (Å²) in [6.07, 6.45) is 0.232. The molecule has 1 saturated heterocycles. The Bertz CT molecular complexity index is 1230. The summed E-state index contributed by atoms with van der Waals surface area (Å²) in [5.41, 5.74) is 2.09. The summed E-state index contributed by atoms with van der Waals surface area (Å²) in [5.74, 6) is -0.360. The molecule has 0 radical (unpaired) electrons. The van der Waals surface area contributed by atoms with Gasteiger partial charge in [0.1, 0.15) is 0 Å². The molecule has 4 rings (SSSR count). The van der Waals surface area contributed by atoms with Gasteiger partial charge < -0.3 is 9.64 Å². The Morgan fingerprint density at radius 3 is 2.69 bits per heavy atom. The molecule has 0 unspecified atom stereocenters. The van der Waals surface area contributed by atoms with Gasteiger partial charge in [-0.15, -0.1) is 11.3 Å². The number of ether oxygens (including phenoxy) is 1. The van der Waals surface area contributed by atoms with Gasteiger partial charge in [-0.05, 0) is 48.9 Å². The van der Waals surface area contributed by atoms with Crippen molar-refractivity contribution in [1.82, 2.24) is 4.98 Å². The van der Waals surface area contributed by atoms with Crippen LogP contribution in [0.4, 0.5) is 21.3 Å². The van der Waals surface area contributed by atoms with Gasteiger partial charge in [-0.2, -0.15) is 0 Å². The summed E-state index contributed by atoms with van der Waals surface area (Å²) in [4.78, 5) is 30.3. The van der Waals surface area contributed by atoms with Gasteiger partial charge in [-0.25, -0.2) is 18.2 Å². The highest BCUT2D eigenvalue weighted by Gasteiger charge is 2.35. The predicted molar refractivity (Wildman–Crippen MR) is 121 cm³/mol. The van der Waals surface area contributed by atoms with Gasteiger partial charge in [0.05, 0.1) is 4.90 Å². The van der Waals surface area contributed by atoms with Gasteiger partial charge >= 0.3 is 6.09 Å². The number of carbonyl (C=O) groups is 2. The van der Waals surface area contributed by atoms with Crippen LogP contribution in [0.1, 0.15) is 12.0 Å². The van der Waals surface area contributed by atoms with E-state index < -0.39 is 22.2 Å². The van der Waals surface area contributed by atoms with Crippen molar-refractivity contribution >= 4 is 49.9 Å². The molecule has 166 valence electrons. The normalized spacial score (nSPS) is 16.1. The third-order valence-electron chi connectivity index (χ3n) is 4.78. The number of hydrogen-bond donors (Lipinski definition) is 2. The van der Waals surface area contributed by atoms with Crippen LogP contribution in [0, 0.1) is 6.92 Å². The molecule has 32 heavy (non-hydrogen) atoms. The first kappa shape index (κ1) is 21.8. The van der Waals surface area contributed by atoms with Crippen molar-refractivity contribution in [1.29, 1.82) is 0 Å². The minimum absolute atomic E-state index is 0.0495. The number of nitrogens with one attached hydrogen (secondary N) is 2. The zero-order valence-electron chi connectivity index (χ0n) is 17.0. The van der Waals surface area contributed by atoms with E-state index in [9.17, 15) is 18.0 Å². The Morgan fingerprint density at radius 1 is 1.22 bits per heavy atom. The number of carbonyl (C=O) groups excluding carboxylic acids is 2. The molecule has 1 aromatic heterocycles. The molecule has 0 spiro atoms.